The summed E-state index contributed by atoms with van der Waals surface area (Å²) < 4.78 is 0.793. The number of carbonyl (C=O) groups excluding carboxylic acids is 1. The number of rotatable bonds is 2. The second-order valence-corrected chi connectivity index (χ2v) is 4.11. The molecule has 0 fully saturated rings. The van der Waals surface area contributed by atoms with Crippen LogP contribution in [0, 0.1) is 0 Å². The predicted octanol–water partition coefficient (Wildman–Crippen LogP) is 2.21. The predicted molar refractivity (Wildman–Crippen MR) is 57.0 cm³/mol. The molecule has 74 valence electrons. The second kappa shape index (κ2) is 3.69. The maximum Gasteiger partial charge on any atom is 0.254 e. The summed E-state index contributed by atoms with van der Waals surface area (Å²) in [5, 5.41) is 0. The van der Waals surface area contributed by atoms with Crippen molar-refractivity contribution in [2.75, 3.05) is 6.54 Å². The summed E-state index contributed by atoms with van der Waals surface area (Å²) >= 11 is 3.36. The van der Waals surface area contributed by atoms with Crippen LogP contribution in [0.4, 0.5) is 0 Å². The Balaban J connectivity index is 2.35. The third-order valence-electron chi connectivity index (χ3n) is 2.36. The van der Waals surface area contributed by atoms with Crippen LogP contribution in [-0.4, -0.2) is 22.3 Å². The Morgan fingerprint density at radius 2 is 2.43 bits per heavy atom. The van der Waals surface area contributed by atoms with E-state index < -0.39 is 0 Å². The molecule has 0 spiro atoms. The van der Waals surface area contributed by atoms with Crippen LogP contribution >= 0.6 is 15.9 Å². The van der Waals surface area contributed by atoms with E-state index in [4.69, 9.17) is 0 Å². The van der Waals surface area contributed by atoms with Crippen molar-refractivity contribution in [2.45, 2.75) is 19.9 Å². The number of pyridine rings is 1. The van der Waals surface area contributed by atoms with Gasteiger partial charge in [-0.25, -0.2) is 4.98 Å². The van der Waals surface area contributed by atoms with Crippen LogP contribution in [0.1, 0.15) is 29.3 Å². The lowest BCUT2D eigenvalue weighted by Gasteiger charge is -2.13. The molecule has 0 radical (unpaired) electrons. The van der Waals surface area contributed by atoms with Crippen molar-refractivity contribution in [3.05, 3.63) is 28.0 Å². The number of fused-ring (bicyclic) bond motifs is 1. The maximum absolute atomic E-state index is 11.8. The highest BCUT2D eigenvalue weighted by atomic mass is 79.9. The lowest BCUT2D eigenvalue weighted by atomic mass is 10.2. The molecule has 0 aliphatic carbocycles. The fourth-order valence-corrected chi connectivity index (χ4v) is 2.16. The first kappa shape index (κ1) is 9.65. The molecule has 1 aromatic rings. The third-order valence-corrected chi connectivity index (χ3v) is 3.05. The van der Waals surface area contributed by atoms with Crippen LogP contribution in [0.5, 0.6) is 0 Å². The molecule has 0 saturated carbocycles. The van der Waals surface area contributed by atoms with E-state index in [1.165, 1.54) is 0 Å². The molecule has 2 rings (SSSR count). The summed E-state index contributed by atoms with van der Waals surface area (Å²) in [6.45, 7) is 3.58. The summed E-state index contributed by atoms with van der Waals surface area (Å²) in [6.07, 6.45) is 2.65. The average Bonchev–Trinajstić information content (AvgIpc) is 2.48. The normalized spacial score (nSPS) is 14.7. The van der Waals surface area contributed by atoms with Crippen LogP contribution in [-0.2, 0) is 6.54 Å². The van der Waals surface area contributed by atoms with Crippen molar-refractivity contribution in [1.82, 2.24) is 9.88 Å². The van der Waals surface area contributed by atoms with Crippen molar-refractivity contribution in [1.29, 1.82) is 0 Å². The monoisotopic (exact) mass is 254 g/mol. The zero-order valence-electron chi connectivity index (χ0n) is 7.96. The molecular weight excluding hydrogens is 244 g/mol. The van der Waals surface area contributed by atoms with E-state index in [0.717, 1.165) is 28.7 Å². The van der Waals surface area contributed by atoms with Gasteiger partial charge in [0.2, 0.25) is 0 Å². The Labute approximate surface area is 91.3 Å². The maximum atomic E-state index is 11.8. The zero-order chi connectivity index (χ0) is 10.1. The van der Waals surface area contributed by atoms with E-state index in [0.29, 0.717) is 6.54 Å². The van der Waals surface area contributed by atoms with Gasteiger partial charge in [-0.1, -0.05) is 6.92 Å². The highest BCUT2D eigenvalue weighted by molar-refractivity contribution is 9.10. The van der Waals surface area contributed by atoms with Crippen LogP contribution in [0.3, 0.4) is 0 Å². The topological polar surface area (TPSA) is 33.2 Å². The van der Waals surface area contributed by atoms with Crippen molar-refractivity contribution in [2.24, 2.45) is 0 Å². The van der Waals surface area contributed by atoms with Gasteiger partial charge in [0, 0.05) is 30.4 Å². The molecular formula is C10H11BrN2O. The van der Waals surface area contributed by atoms with Gasteiger partial charge in [-0.2, -0.15) is 0 Å². The SMILES string of the molecule is CCCN1Cc2c(ccnc2Br)C1=O. The zero-order valence-corrected chi connectivity index (χ0v) is 9.54. The second-order valence-electron chi connectivity index (χ2n) is 3.35. The molecule has 0 saturated heterocycles. The van der Waals surface area contributed by atoms with Gasteiger partial charge < -0.3 is 4.90 Å². The van der Waals surface area contributed by atoms with E-state index in [-0.39, 0.29) is 5.91 Å². The molecule has 1 aliphatic rings. The van der Waals surface area contributed by atoms with Gasteiger partial charge in [0.1, 0.15) is 4.60 Å². The number of nitrogens with zero attached hydrogens (tertiary/aromatic N) is 2. The summed E-state index contributed by atoms with van der Waals surface area (Å²) in [4.78, 5) is 17.8. The molecule has 0 N–H and O–H groups in total. The molecule has 3 nitrogen and oxygen atoms in total. The van der Waals surface area contributed by atoms with Gasteiger partial charge in [0.05, 0.1) is 0 Å². The minimum Gasteiger partial charge on any atom is -0.334 e. The number of carbonyl (C=O) groups is 1. The molecule has 14 heavy (non-hydrogen) atoms. The van der Waals surface area contributed by atoms with Gasteiger partial charge in [-0.3, -0.25) is 4.79 Å². The van der Waals surface area contributed by atoms with E-state index in [2.05, 4.69) is 27.8 Å². The molecule has 0 aromatic carbocycles. The van der Waals surface area contributed by atoms with Crippen LogP contribution < -0.4 is 0 Å². The smallest absolute Gasteiger partial charge is 0.254 e. The van der Waals surface area contributed by atoms with E-state index in [1.54, 1.807) is 12.3 Å². The number of amides is 1. The lowest BCUT2D eigenvalue weighted by molar-refractivity contribution is 0.0778. The average molecular weight is 255 g/mol. The summed E-state index contributed by atoms with van der Waals surface area (Å²) in [5.74, 6) is 0.130. The molecule has 1 aliphatic heterocycles. The largest absolute Gasteiger partial charge is 0.334 e. The Morgan fingerprint density at radius 3 is 3.07 bits per heavy atom. The molecule has 1 amide bonds. The summed E-state index contributed by atoms with van der Waals surface area (Å²) in [6, 6.07) is 1.79. The van der Waals surface area contributed by atoms with E-state index >= 15 is 0 Å². The van der Waals surface area contributed by atoms with Gasteiger partial charge in [-0.15, -0.1) is 0 Å². The van der Waals surface area contributed by atoms with Gasteiger partial charge in [-0.05, 0) is 28.4 Å². The fourth-order valence-electron chi connectivity index (χ4n) is 1.70. The van der Waals surface area contributed by atoms with Crippen LogP contribution in [0.2, 0.25) is 0 Å². The first-order chi connectivity index (χ1) is 6.74. The highest BCUT2D eigenvalue weighted by Gasteiger charge is 2.28. The number of halogens is 1. The number of aromatic nitrogens is 1. The molecule has 4 heteroatoms. The Morgan fingerprint density at radius 1 is 1.64 bits per heavy atom. The van der Waals surface area contributed by atoms with E-state index in [9.17, 15) is 4.79 Å². The van der Waals surface area contributed by atoms with Crippen molar-refractivity contribution in [3.8, 4) is 0 Å². The first-order valence-corrected chi connectivity index (χ1v) is 5.46. The van der Waals surface area contributed by atoms with Crippen molar-refractivity contribution < 1.29 is 4.79 Å². The Hall–Kier alpha value is -0.900. The minimum absolute atomic E-state index is 0.130. The third kappa shape index (κ3) is 1.43. The molecule has 1 aromatic heterocycles. The van der Waals surface area contributed by atoms with Crippen molar-refractivity contribution >= 4 is 21.8 Å². The summed E-state index contributed by atoms with van der Waals surface area (Å²) in [7, 11) is 0. The Bertz CT molecular complexity index is 378. The van der Waals surface area contributed by atoms with Gasteiger partial charge in [0.25, 0.3) is 5.91 Å². The van der Waals surface area contributed by atoms with E-state index in [1.807, 2.05) is 4.90 Å². The Kier molecular flexibility index (Phi) is 2.54. The standard InChI is InChI=1S/C10H11BrN2O/c1-2-5-13-6-8-7(10(13)14)3-4-12-9(8)11/h3-4H,2,5-6H2,1H3. The summed E-state index contributed by atoms with van der Waals surface area (Å²) in [5.41, 5.74) is 1.81. The fraction of sp³-hybridized carbons (Fsp3) is 0.400. The quantitative estimate of drug-likeness (QED) is 0.759. The van der Waals surface area contributed by atoms with Crippen molar-refractivity contribution in [3.63, 3.8) is 0 Å². The molecule has 2 heterocycles. The minimum atomic E-state index is 0.130. The van der Waals surface area contributed by atoms with Crippen LogP contribution in [0.15, 0.2) is 16.9 Å². The number of hydrogen-bond acceptors (Lipinski definition) is 2. The van der Waals surface area contributed by atoms with Crippen LogP contribution in [0.25, 0.3) is 0 Å². The van der Waals surface area contributed by atoms with Gasteiger partial charge >= 0.3 is 0 Å². The highest BCUT2D eigenvalue weighted by Crippen LogP contribution is 2.27. The molecule has 0 unspecified atom stereocenters. The lowest BCUT2D eigenvalue weighted by Crippen LogP contribution is -2.24. The molecule has 0 atom stereocenters. The number of hydrogen-bond donors (Lipinski definition) is 0. The molecule has 0 bridgehead atoms. The first-order valence-electron chi connectivity index (χ1n) is 4.66. The van der Waals surface area contributed by atoms with Gasteiger partial charge in [0.15, 0.2) is 0 Å².